The van der Waals surface area contributed by atoms with Crippen molar-refractivity contribution in [2.45, 2.75) is 65.3 Å². The lowest BCUT2D eigenvalue weighted by molar-refractivity contribution is 0.200. The van der Waals surface area contributed by atoms with Crippen LogP contribution >= 0.6 is 0 Å². The normalized spacial score (nSPS) is 21.4. The molecule has 0 aromatic rings. The van der Waals surface area contributed by atoms with Gasteiger partial charge in [-0.05, 0) is 52.6 Å². The Balaban J connectivity index is 0.000000219. The average molecular weight is 298 g/mol. The van der Waals surface area contributed by atoms with E-state index in [1.165, 1.54) is 77.8 Å². The Morgan fingerprint density at radius 1 is 1.10 bits per heavy atom. The molecule has 2 rings (SSSR count). The van der Waals surface area contributed by atoms with Gasteiger partial charge >= 0.3 is 0 Å². The standard InChI is InChI=1S/C11H23N.C7H16N2/c1-10(2)12(3)9-11-7-5-4-6-8-11;1-2-5-9-6-3-8-4-7-9/h10-11H,4-9H2,1-3H3;8H,2-7H2,1H3. The molecule has 0 radical (unpaired) electrons. The van der Waals surface area contributed by atoms with E-state index in [0.717, 1.165) is 5.92 Å². The van der Waals surface area contributed by atoms with Gasteiger partial charge in [0.25, 0.3) is 0 Å². The topological polar surface area (TPSA) is 18.5 Å². The molecule has 0 atom stereocenters. The second-order valence-electron chi connectivity index (χ2n) is 7.13. The lowest BCUT2D eigenvalue weighted by Crippen LogP contribution is -2.43. The molecular formula is C18H39N3. The van der Waals surface area contributed by atoms with Gasteiger partial charge in [0.2, 0.25) is 0 Å². The van der Waals surface area contributed by atoms with Crippen LogP contribution in [-0.2, 0) is 0 Å². The van der Waals surface area contributed by atoms with E-state index in [-0.39, 0.29) is 0 Å². The Morgan fingerprint density at radius 3 is 2.24 bits per heavy atom. The highest BCUT2D eigenvalue weighted by Gasteiger charge is 2.16. The van der Waals surface area contributed by atoms with Gasteiger partial charge in [0, 0.05) is 38.8 Å². The molecule has 126 valence electrons. The first-order valence-electron chi connectivity index (χ1n) is 9.26. The molecule has 3 nitrogen and oxygen atoms in total. The molecule has 2 fully saturated rings. The lowest BCUT2D eigenvalue weighted by Gasteiger charge is -2.29. The smallest absolute Gasteiger partial charge is 0.0107 e. The minimum absolute atomic E-state index is 0.715. The van der Waals surface area contributed by atoms with E-state index in [4.69, 9.17) is 0 Å². The van der Waals surface area contributed by atoms with Gasteiger partial charge in [-0.15, -0.1) is 0 Å². The molecule has 0 aromatic carbocycles. The average Bonchev–Trinajstić information content (AvgIpc) is 2.50. The Labute approximate surface area is 133 Å². The first kappa shape index (κ1) is 18.9. The van der Waals surface area contributed by atoms with Crippen molar-refractivity contribution in [3.63, 3.8) is 0 Å². The maximum atomic E-state index is 3.33. The summed E-state index contributed by atoms with van der Waals surface area (Å²) in [5.41, 5.74) is 0. The van der Waals surface area contributed by atoms with Crippen LogP contribution in [0.1, 0.15) is 59.3 Å². The third-order valence-electron chi connectivity index (χ3n) is 4.90. The van der Waals surface area contributed by atoms with Gasteiger partial charge in [0.15, 0.2) is 0 Å². The van der Waals surface area contributed by atoms with Crippen molar-refractivity contribution in [3.05, 3.63) is 0 Å². The van der Waals surface area contributed by atoms with Crippen LogP contribution < -0.4 is 5.32 Å². The zero-order valence-corrected chi connectivity index (χ0v) is 15.0. The maximum absolute atomic E-state index is 3.33. The van der Waals surface area contributed by atoms with E-state index >= 15 is 0 Å². The molecule has 0 amide bonds. The van der Waals surface area contributed by atoms with Gasteiger partial charge < -0.3 is 15.1 Å². The molecule has 0 aromatic heterocycles. The largest absolute Gasteiger partial charge is 0.314 e. The summed E-state index contributed by atoms with van der Waals surface area (Å²) >= 11 is 0. The predicted molar refractivity (Wildman–Crippen MR) is 93.9 cm³/mol. The van der Waals surface area contributed by atoms with Crippen LogP contribution in [0.4, 0.5) is 0 Å². The minimum Gasteiger partial charge on any atom is -0.314 e. The second-order valence-corrected chi connectivity index (χ2v) is 7.13. The van der Waals surface area contributed by atoms with Crippen LogP contribution in [0.25, 0.3) is 0 Å². The Morgan fingerprint density at radius 2 is 1.71 bits per heavy atom. The highest BCUT2D eigenvalue weighted by molar-refractivity contribution is 4.70. The molecular weight excluding hydrogens is 258 g/mol. The maximum Gasteiger partial charge on any atom is 0.0107 e. The third kappa shape index (κ3) is 8.80. The van der Waals surface area contributed by atoms with Crippen LogP contribution in [-0.4, -0.2) is 62.2 Å². The fraction of sp³-hybridized carbons (Fsp3) is 1.00. The number of hydrogen-bond donors (Lipinski definition) is 1. The summed E-state index contributed by atoms with van der Waals surface area (Å²) in [7, 11) is 2.25. The first-order chi connectivity index (χ1) is 10.1. The summed E-state index contributed by atoms with van der Waals surface area (Å²) in [6.07, 6.45) is 8.64. The van der Waals surface area contributed by atoms with E-state index in [0.29, 0.717) is 6.04 Å². The van der Waals surface area contributed by atoms with E-state index in [9.17, 15) is 0 Å². The molecule has 1 saturated heterocycles. The fourth-order valence-corrected chi connectivity index (χ4v) is 3.24. The molecule has 1 aliphatic carbocycles. The Bertz CT molecular complexity index is 228. The lowest BCUT2D eigenvalue weighted by atomic mass is 9.89. The summed E-state index contributed by atoms with van der Waals surface area (Å²) in [5.74, 6) is 0.992. The van der Waals surface area contributed by atoms with Crippen LogP contribution in [0.2, 0.25) is 0 Å². The highest BCUT2D eigenvalue weighted by Crippen LogP contribution is 2.24. The quantitative estimate of drug-likeness (QED) is 0.840. The molecule has 1 N–H and O–H groups in total. The molecule has 1 heterocycles. The minimum atomic E-state index is 0.715. The van der Waals surface area contributed by atoms with E-state index in [1.54, 1.807) is 0 Å². The van der Waals surface area contributed by atoms with Crippen LogP contribution in [0.3, 0.4) is 0 Å². The third-order valence-corrected chi connectivity index (χ3v) is 4.90. The molecule has 1 saturated carbocycles. The van der Waals surface area contributed by atoms with E-state index in [1.807, 2.05) is 0 Å². The SMILES string of the molecule is CC(C)N(C)CC1CCCCC1.CCCN1CCNCC1. The van der Waals surface area contributed by atoms with Crippen LogP contribution in [0, 0.1) is 5.92 Å². The zero-order chi connectivity index (χ0) is 15.5. The highest BCUT2D eigenvalue weighted by atomic mass is 15.2. The van der Waals surface area contributed by atoms with E-state index < -0.39 is 0 Å². The molecule has 2 aliphatic rings. The van der Waals surface area contributed by atoms with E-state index in [2.05, 4.69) is 42.9 Å². The number of nitrogens with zero attached hydrogens (tertiary/aromatic N) is 2. The van der Waals surface area contributed by atoms with Gasteiger partial charge in [-0.2, -0.15) is 0 Å². The molecule has 0 bridgehead atoms. The van der Waals surface area contributed by atoms with Crippen LogP contribution in [0.15, 0.2) is 0 Å². The Kier molecular flexibility index (Phi) is 10.3. The van der Waals surface area contributed by atoms with Crippen molar-refractivity contribution < 1.29 is 0 Å². The van der Waals surface area contributed by atoms with Gasteiger partial charge in [0.1, 0.15) is 0 Å². The summed E-state index contributed by atoms with van der Waals surface area (Å²) in [6, 6.07) is 0.715. The van der Waals surface area contributed by atoms with Crippen molar-refractivity contribution in [3.8, 4) is 0 Å². The number of nitrogens with one attached hydrogen (secondary N) is 1. The summed E-state index contributed by atoms with van der Waals surface area (Å²) < 4.78 is 0. The van der Waals surface area contributed by atoms with Crippen molar-refractivity contribution in [1.82, 2.24) is 15.1 Å². The summed E-state index contributed by atoms with van der Waals surface area (Å²) in [5, 5.41) is 3.33. The summed E-state index contributed by atoms with van der Waals surface area (Å²) in [6.45, 7) is 14.2. The van der Waals surface area contributed by atoms with Crippen LogP contribution in [0.5, 0.6) is 0 Å². The number of piperazine rings is 1. The predicted octanol–water partition coefficient (Wildman–Crippen LogP) is 3.21. The van der Waals surface area contributed by atoms with Gasteiger partial charge in [0.05, 0.1) is 0 Å². The van der Waals surface area contributed by atoms with Gasteiger partial charge in [-0.3, -0.25) is 0 Å². The molecule has 0 spiro atoms. The molecule has 0 unspecified atom stereocenters. The monoisotopic (exact) mass is 297 g/mol. The van der Waals surface area contributed by atoms with Crippen molar-refractivity contribution in [1.29, 1.82) is 0 Å². The zero-order valence-electron chi connectivity index (χ0n) is 15.0. The fourth-order valence-electron chi connectivity index (χ4n) is 3.24. The van der Waals surface area contributed by atoms with Crippen molar-refractivity contribution in [2.75, 3.05) is 46.3 Å². The number of hydrogen-bond acceptors (Lipinski definition) is 3. The second kappa shape index (κ2) is 11.4. The van der Waals surface area contributed by atoms with Crippen molar-refractivity contribution >= 4 is 0 Å². The summed E-state index contributed by atoms with van der Waals surface area (Å²) in [4.78, 5) is 4.99. The Hall–Kier alpha value is -0.120. The number of rotatable bonds is 5. The molecule has 3 heteroatoms. The van der Waals surface area contributed by atoms with Crippen molar-refractivity contribution in [2.24, 2.45) is 5.92 Å². The molecule has 21 heavy (non-hydrogen) atoms. The van der Waals surface area contributed by atoms with Gasteiger partial charge in [-0.25, -0.2) is 0 Å². The molecule has 1 aliphatic heterocycles. The first-order valence-corrected chi connectivity index (χ1v) is 9.26. The van der Waals surface area contributed by atoms with Gasteiger partial charge in [-0.1, -0.05) is 26.2 Å².